The number of ether oxygens (including phenoxy) is 2. The van der Waals surface area contributed by atoms with Crippen molar-refractivity contribution >= 4 is 11.9 Å². The van der Waals surface area contributed by atoms with E-state index in [0.717, 1.165) is 16.9 Å². The van der Waals surface area contributed by atoms with E-state index in [9.17, 15) is 9.59 Å². The van der Waals surface area contributed by atoms with E-state index in [-0.39, 0.29) is 18.6 Å². The maximum Gasteiger partial charge on any atom is 0.317 e. The van der Waals surface area contributed by atoms with E-state index < -0.39 is 5.97 Å². The molecule has 1 amide bonds. The Morgan fingerprint density at radius 2 is 2.03 bits per heavy atom. The number of hydrogen-bond donors (Lipinski definition) is 1. The molecule has 1 N–H and O–H groups in total. The molecule has 1 aliphatic heterocycles. The minimum Gasteiger partial charge on any atom is -0.497 e. The van der Waals surface area contributed by atoms with Crippen LogP contribution in [-0.4, -0.2) is 84.8 Å². The maximum atomic E-state index is 13.0. The van der Waals surface area contributed by atoms with Gasteiger partial charge in [-0.15, -0.1) is 0 Å². The van der Waals surface area contributed by atoms with Gasteiger partial charge in [-0.05, 0) is 30.8 Å². The second-order valence-electron chi connectivity index (χ2n) is 7.03. The largest absolute Gasteiger partial charge is 0.497 e. The summed E-state index contributed by atoms with van der Waals surface area (Å²) in [5, 5.41) is 8.89. The first kappa shape index (κ1) is 20.8. The fourth-order valence-corrected chi connectivity index (χ4v) is 3.34. The fourth-order valence-electron chi connectivity index (χ4n) is 3.34. The van der Waals surface area contributed by atoms with E-state index in [1.54, 1.807) is 36.4 Å². The van der Waals surface area contributed by atoms with Gasteiger partial charge in [0, 0.05) is 37.6 Å². The van der Waals surface area contributed by atoms with Crippen molar-refractivity contribution in [2.24, 2.45) is 0 Å². The average molecular weight is 399 g/mol. The summed E-state index contributed by atoms with van der Waals surface area (Å²) in [6, 6.07) is 9.41. The molecule has 2 aromatic rings. The highest BCUT2D eigenvalue weighted by molar-refractivity contribution is 5.95. The number of pyridine rings is 1. The molecule has 1 fully saturated rings. The van der Waals surface area contributed by atoms with Gasteiger partial charge in [0.1, 0.15) is 5.75 Å². The number of carbonyl (C=O) groups excluding carboxylic acids is 1. The molecule has 0 saturated carbocycles. The molecular formula is C21H25N3O5. The summed E-state index contributed by atoms with van der Waals surface area (Å²) in [4.78, 5) is 31.5. The molecule has 2 heterocycles. The maximum absolute atomic E-state index is 13.0. The lowest BCUT2D eigenvalue weighted by Gasteiger charge is -2.34. The van der Waals surface area contributed by atoms with E-state index in [2.05, 4.69) is 4.98 Å². The Bertz CT molecular complexity index is 856. The van der Waals surface area contributed by atoms with Gasteiger partial charge in [0.2, 0.25) is 0 Å². The second-order valence-corrected chi connectivity index (χ2v) is 7.03. The lowest BCUT2D eigenvalue weighted by molar-refractivity contribution is -0.138. The monoisotopic (exact) mass is 399 g/mol. The Kier molecular flexibility index (Phi) is 6.79. The van der Waals surface area contributed by atoms with Crippen LogP contribution < -0.4 is 4.74 Å². The summed E-state index contributed by atoms with van der Waals surface area (Å²) >= 11 is 0. The quantitative estimate of drug-likeness (QED) is 0.756. The van der Waals surface area contributed by atoms with Crippen LogP contribution in [0.2, 0.25) is 0 Å². The molecule has 0 spiro atoms. The van der Waals surface area contributed by atoms with Crippen LogP contribution in [-0.2, 0) is 9.53 Å². The number of methoxy groups -OCH3 is 1. The van der Waals surface area contributed by atoms with Crippen molar-refractivity contribution < 1.29 is 24.2 Å². The number of carboxylic acids is 1. The van der Waals surface area contributed by atoms with E-state index in [1.807, 2.05) is 30.3 Å². The smallest absolute Gasteiger partial charge is 0.317 e. The summed E-state index contributed by atoms with van der Waals surface area (Å²) in [5.74, 6) is -0.235. The number of morpholine rings is 1. The third-order valence-corrected chi connectivity index (χ3v) is 4.76. The third-order valence-electron chi connectivity index (χ3n) is 4.76. The summed E-state index contributed by atoms with van der Waals surface area (Å²) in [7, 11) is 3.34. The molecule has 1 saturated heterocycles. The molecule has 0 bridgehead atoms. The van der Waals surface area contributed by atoms with Crippen LogP contribution in [0.4, 0.5) is 0 Å². The number of rotatable bonds is 7. The zero-order valence-corrected chi connectivity index (χ0v) is 16.6. The number of carboxylic acid groups (broad SMARTS) is 1. The predicted octanol–water partition coefficient (Wildman–Crippen LogP) is 1.61. The third kappa shape index (κ3) is 5.52. The summed E-state index contributed by atoms with van der Waals surface area (Å²) in [6.07, 6.45) is 3.06. The van der Waals surface area contributed by atoms with E-state index in [4.69, 9.17) is 14.6 Å². The Morgan fingerprint density at radius 1 is 1.28 bits per heavy atom. The van der Waals surface area contributed by atoms with Crippen LogP contribution in [0.1, 0.15) is 10.4 Å². The fraction of sp³-hybridized carbons (Fsp3) is 0.381. The van der Waals surface area contributed by atoms with Crippen LogP contribution >= 0.6 is 0 Å². The average Bonchev–Trinajstić information content (AvgIpc) is 2.73. The second kappa shape index (κ2) is 9.49. The van der Waals surface area contributed by atoms with Gasteiger partial charge in [-0.25, -0.2) is 0 Å². The number of aliphatic carboxylic acids is 1. The minimum atomic E-state index is -0.891. The van der Waals surface area contributed by atoms with Crippen molar-refractivity contribution in [3.63, 3.8) is 0 Å². The highest BCUT2D eigenvalue weighted by Gasteiger charge is 2.26. The number of amides is 1. The molecule has 1 aromatic heterocycles. The SMILES string of the molecule is COc1ccc(-c2cncc(C(=O)N3CCOC(CN(C)CC(=O)O)C3)c2)cc1. The predicted molar refractivity (Wildman–Crippen MR) is 107 cm³/mol. The van der Waals surface area contributed by atoms with Crippen LogP contribution in [0, 0.1) is 0 Å². The van der Waals surface area contributed by atoms with Gasteiger partial charge in [-0.2, -0.15) is 0 Å². The number of hydrogen-bond acceptors (Lipinski definition) is 6. The number of carbonyl (C=O) groups is 2. The molecule has 154 valence electrons. The number of likely N-dealkylation sites (N-methyl/N-ethyl adjacent to an activating group) is 1. The molecule has 8 heteroatoms. The van der Waals surface area contributed by atoms with E-state index >= 15 is 0 Å². The lowest BCUT2D eigenvalue weighted by atomic mass is 10.1. The number of benzene rings is 1. The summed E-state index contributed by atoms with van der Waals surface area (Å²) < 4.78 is 10.9. The van der Waals surface area contributed by atoms with Crippen LogP contribution in [0.3, 0.4) is 0 Å². The zero-order valence-electron chi connectivity index (χ0n) is 16.6. The summed E-state index contributed by atoms with van der Waals surface area (Å²) in [5.41, 5.74) is 2.31. The van der Waals surface area contributed by atoms with E-state index in [1.165, 1.54) is 0 Å². The summed E-state index contributed by atoms with van der Waals surface area (Å²) in [6.45, 7) is 1.70. The first-order valence-electron chi connectivity index (χ1n) is 9.37. The van der Waals surface area contributed by atoms with Crippen molar-refractivity contribution in [3.8, 4) is 16.9 Å². The Morgan fingerprint density at radius 3 is 2.72 bits per heavy atom. The molecule has 0 aliphatic carbocycles. The topological polar surface area (TPSA) is 92.2 Å². The van der Waals surface area contributed by atoms with Crippen LogP contribution in [0.25, 0.3) is 11.1 Å². The van der Waals surface area contributed by atoms with Gasteiger partial charge in [0.15, 0.2) is 0 Å². The minimum absolute atomic E-state index is 0.0678. The zero-order chi connectivity index (χ0) is 20.8. The van der Waals surface area contributed by atoms with Crippen molar-refractivity contribution in [2.45, 2.75) is 6.10 Å². The van der Waals surface area contributed by atoms with Gasteiger partial charge in [0.25, 0.3) is 5.91 Å². The van der Waals surface area contributed by atoms with Gasteiger partial charge < -0.3 is 19.5 Å². The number of nitrogens with zero attached hydrogens (tertiary/aromatic N) is 3. The van der Waals surface area contributed by atoms with E-state index in [0.29, 0.717) is 31.8 Å². The molecule has 29 heavy (non-hydrogen) atoms. The number of aromatic nitrogens is 1. The van der Waals surface area contributed by atoms with Crippen molar-refractivity contribution in [1.82, 2.24) is 14.8 Å². The molecule has 1 aromatic carbocycles. The molecular weight excluding hydrogens is 374 g/mol. The first-order chi connectivity index (χ1) is 14.0. The molecule has 8 nitrogen and oxygen atoms in total. The van der Waals surface area contributed by atoms with Crippen LogP contribution in [0.5, 0.6) is 5.75 Å². The lowest BCUT2D eigenvalue weighted by Crippen LogP contribution is -2.49. The molecule has 3 rings (SSSR count). The molecule has 0 radical (unpaired) electrons. The van der Waals surface area contributed by atoms with Gasteiger partial charge >= 0.3 is 5.97 Å². The van der Waals surface area contributed by atoms with Crippen molar-refractivity contribution in [3.05, 3.63) is 48.3 Å². The molecule has 1 unspecified atom stereocenters. The van der Waals surface area contributed by atoms with Gasteiger partial charge in [-0.3, -0.25) is 19.5 Å². The Balaban J connectivity index is 1.68. The van der Waals surface area contributed by atoms with Crippen molar-refractivity contribution in [2.75, 3.05) is 46.9 Å². The molecule has 1 aliphatic rings. The van der Waals surface area contributed by atoms with Crippen LogP contribution in [0.15, 0.2) is 42.7 Å². The Labute approximate surface area is 169 Å². The van der Waals surface area contributed by atoms with Gasteiger partial charge in [-0.1, -0.05) is 12.1 Å². The highest BCUT2D eigenvalue weighted by Crippen LogP contribution is 2.23. The van der Waals surface area contributed by atoms with Gasteiger partial charge in [0.05, 0.1) is 31.9 Å². The normalized spacial score (nSPS) is 16.7. The molecule has 1 atom stereocenters. The van der Waals surface area contributed by atoms with Crippen molar-refractivity contribution in [1.29, 1.82) is 0 Å². The highest BCUT2D eigenvalue weighted by atomic mass is 16.5. The first-order valence-corrected chi connectivity index (χ1v) is 9.37. The standard InChI is InChI=1S/C21H25N3O5/c1-23(14-20(25)26)12-19-13-24(7-8-29-19)21(27)17-9-16(10-22-11-17)15-3-5-18(28-2)6-4-15/h3-6,9-11,19H,7-8,12-14H2,1-2H3,(H,25,26). The Hall–Kier alpha value is -2.97.